The number of nitrogens with zero attached hydrogens (tertiary/aromatic N) is 1. The fraction of sp³-hybridized carbons (Fsp3) is 0.684. The van der Waals surface area contributed by atoms with Crippen LogP contribution in [-0.2, 0) is 0 Å². The second kappa shape index (κ2) is 8.14. The summed E-state index contributed by atoms with van der Waals surface area (Å²) in [6.07, 6.45) is -4.81. The van der Waals surface area contributed by atoms with Crippen LogP contribution < -0.4 is 14.2 Å². The van der Waals surface area contributed by atoms with Crippen LogP contribution in [0.5, 0.6) is 17.2 Å². The van der Waals surface area contributed by atoms with Crippen LogP contribution in [0, 0.1) is 11.8 Å². The lowest BCUT2D eigenvalue weighted by Gasteiger charge is -2.35. The molecule has 1 aliphatic carbocycles. The number of benzene rings is 1. The van der Waals surface area contributed by atoms with E-state index in [1.54, 1.807) is 32.4 Å². The molecule has 1 heterocycles. The average Bonchev–Trinajstić information content (AvgIpc) is 3.01. The highest BCUT2D eigenvalue weighted by Crippen LogP contribution is 2.39. The van der Waals surface area contributed by atoms with Crippen LogP contribution in [0.15, 0.2) is 18.2 Å². The fourth-order valence-electron chi connectivity index (χ4n) is 4.11. The minimum atomic E-state index is -4.13. The van der Waals surface area contributed by atoms with Crippen LogP contribution in [0.25, 0.3) is 0 Å². The standard InChI is InChI=1S/C19H26F3NO4/c1-25-14-7-15(26-2)9-16(8-14)27-18-6-13-11-23(4-3-19(20,21)22)10-12(13)5-17(18)24/h7-9,12-13,17-18,24H,3-6,10-11H2,1-2H3/t12-,13+,17+,18+/m0/s1. The lowest BCUT2D eigenvalue weighted by Crippen LogP contribution is -2.42. The van der Waals surface area contributed by atoms with Gasteiger partial charge in [0.2, 0.25) is 0 Å². The molecule has 8 heteroatoms. The number of fused-ring (bicyclic) bond motifs is 1. The Kier molecular flexibility index (Phi) is 6.05. The lowest BCUT2D eigenvalue weighted by atomic mass is 9.78. The third-order valence-corrected chi connectivity index (χ3v) is 5.48. The number of hydrogen-bond donors (Lipinski definition) is 1. The van der Waals surface area contributed by atoms with E-state index < -0.39 is 24.8 Å². The monoisotopic (exact) mass is 389 g/mol. The Morgan fingerprint density at radius 3 is 2.11 bits per heavy atom. The molecular formula is C19H26F3NO4. The number of hydrogen-bond acceptors (Lipinski definition) is 5. The Bertz CT molecular complexity index is 618. The van der Waals surface area contributed by atoms with Crippen molar-refractivity contribution in [3.05, 3.63) is 18.2 Å². The highest BCUT2D eigenvalue weighted by Gasteiger charge is 2.43. The predicted molar refractivity (Wildman–Crippen MR) is 93.3 cm³/mol. The molecule has 1 aliphatic heterocycles. The molecule has 1 aromatic carbocycles. The van der Waals surface area contributed by atoms with Crippen LogP contribution in [0.3, 0.4) is 0 Å². The topological polar surface area (TPSA) is 51.2 Å². The maximum absolute atomic E-state index is 12.5. The fourth-order valence-corrected chi connectivity index (χ4v) is 4.11. The van der Waals surface area contributed by atoms with Gasteiger partial charge in [0.25, 0.3) is 0 Å². The van der Waals surface area contributed by atoms with Gasteiger partial charge in [0.1, 0.15) is 23.4 Å². The van der Waals surface area contributed by atoms with E-state index in [2.05, 4.69) is 0 Å². The number of aliphatic hydroxyl groups is 1. The molecule has 1 aromatic rings. The van der Waals surface area contributed by atoms with Crippen molar-refractivity contribution < 1.29 is 32.5 Å². The van der Waals surface area contributed by atoms with Crippen molar-refractivity contribution in [2.24, 2.45) is 11.8 Å². The zero-order valence-corrected chi connectivity index (χ0v) is 15.5. The highest BCUT2D eigenvalue weighted by molar-refractivity contribution is 5.42. The summed E-state index contributed by atoms with van der Waals surface area (Å²) in [5.74, 6) is 2.17. The second-order valence-corrected chi connectivity index (χ2v) is 7.39. The number of likely N-dealkylation sites (tertiary alicyclic amines) is 1. The third kappa shape index (κ3) is 5.19. The first-order valence-corrected chi connectivity index (χ1v) is 9.14. The number of methoxy groups -OCH3 is 2. The molecule has 0 unspecified atom stereocenters. The van der Waals surface area contributed by atoms with Gasteiger partial charge < -0.3 is 24.2 Å². The number of alkyl halides is 3. The minimum absolute atomic E-state index is 0.0190. The molecule has 5 nitrogen and oxygen atoms in total. The molecule has 4 atom stereocenters. The van der Waals surface area contributed by atoms with Gasteiger partial charge in [-0.25, -0.2) is 0 Å². The van der Waals surface area contributed by atoms with Crippen molar-refractivity contribution >= 4 is 0 Å². The largest absolute Gasteiger partial charge is 0.496 e. The summed E-state index contributed by atoms with van der Waals surface area (Å²) in [6.45, 7) is 1.25. The summed E-state index contributed by atoms with van der Waals surface area (Å²) in [4.78, 5) is 1.85. The van der Waals surface area contributed by atoms with E-state index in [0.717, 1.165) is 0 Å². The third-order valence-electron chi connectivity index (χ3n) is 5.48. The zero-order valence-electron chi connectivity index (χ0n) is 15.5. The maximum atomic E-state index is 12.5. The minimum Gasteiger partial charge on any atom is -0.496 e. The molecule has 152 valence electrons. The van der Waals surface area contributed by atoms with Gasteiger partial charge in [-0.1, -0.05) is 0 Å². The smallest absolute Gasteiger partial charge is 0.390 e. The van der Waals surface area contributed by atoms with Gasteiger partial charge in [0.05, 0.1) is 26.7 Å². The summed E-state index contributed by atoms with van der Waals surface area (Å²) < 4.78 is 53.8. The van der Waals surface area contributed by atoms with Gasteiger partial charge in [0, 0.05) is 37.8 Å². The first kappa shape index (κ1) is 20.1. The molecule has 0 aromatic heterocycles. The molecule has 27 heavy (non-hydrogen) atoms. The summed E-state index contributed by atoms with van der Waals surface area (Å²) in [5, 5.41) is 10.5. The van der Waals surface area contributed by atoms with E-state index in [4.69, 9.17) is 14.2 Å². The Hall–Kier alpha value is -1.67. The van der Waals surface area contributed by atoms with Crippen LogP contribution >= 0.6 is 0 Å². The van der Waals surface area contributed by atoms with Gasteiger partial charge in [-0.05, 0) is 24.7 Å². The summed E-state index contributed by atoms with van der Waals surface area (Å²) in [7, 11) is 3.10. The molecule has 1 N–H and O–H groups in total. The highest BCUT2D eigenvalue weighted by atomic mass is 19.4. The Morgan fingerprint density at radius 2 is 1.56 bits per heavy atom. The van der Waals surface area contributed by atoms with Gasteiger partial charge in [-0.15, -0.1) is 0 Å². The van der Waals surface area contributed by atoms with Crippen molar-refractivity contribution in [3.8, 4) is 17.2 Å². The van der Waals surface area contributed by atoms with E-state index in [1.165, 1.54) is 0 Å². The van der Waals surface area contributed by atoms with Crippen molar-refractivity contribution in [3.63, 3.8) is 0 Å². The van der Waals surface area contributed by atoms with Crippen molar-refractivity contribution in [1.29, 1.82) is 0 Å². The Morgan fingerprint density at radius 1 is 1.00 bits per heavy atom. The van der Waals surface area contributed by atoms with E-state index >= 15 is 0 Å². The second-order valence-electron chi connectivity index (χ2n) is 7.39. The quantitative estimate of drug-likeness (QED) is 0.810. The number of halogens is 3. The molecule has 1 saturated carbocycles. The molecular weight excluding hydrogens is 363 g/mol. The van der Waals surface area contributed by atoms with Crippen molar-refractivity contribution in [1.82, 2.24) is 4.90 Å². The normalized spacial score (nSPS) is 28.7. The van der Waals surface area contributed by atoms with Crippen LogP contribution in [0.1, 0.15) is 19.3 Å². The molecule has 3 rings (SSSR count). The summed E-state index contributed by atoms with van der Waals surface area (Å²) in [6, 6.07) is 5.19. The maximum Gasteiger partial charge on any atom is 0.390 e. The van der Waals surface area contributed by atoms with Crippen LogP contribution in [0.2, 0.25) is 0 Å². The first-order valence-electron chi connectivity index (χ1n) is 9.14. The van der Waals surface area contributed by atoms with E-state index in [0.29, 0.717) is 43.2 Å². The lowest BCUT2D eigenvalue weighted by molar-refractivity contribution is -0.137. The Balaban J connectivity index is 1.61. The number of ether oxygens (including phenoxy) is 3. The van der Waals surface area contributed by atoms with Gasteiger partial charge in [-0.3, -0.25) is 0 Å². The molecule has 0 radical (unpaired) electrons. The van der Waals surface area contributed by atoms with Crippen LogP contribution in [0.4, 0.5) is 13.2 Å². The van der Waals surface area contributed by atoms with Gasteiger partial charge in [-0.2, -0.15) is 13.2 Å². The first-order chi connectivity index (χ1) is 12.8. The van der Waals surface area contributed by atoms with Gasteiger partial charge >= 0.3 is 6.18 Å². The SMILES string of the molecule is COc1cc(OC)cc(O[C@@H]2C[C@@H]3CN(CCC(F)(F)F)C[C@@H]3C[C@H]2O)c1. The van der Waals surface area contributed by atoms with E-state index in [-0.39, 0.29) is 18.4 Å². The molecule has 0 bridgehead atoms. The zero-order chi connectivity index (χ0) is 19.6. The molecule has 2 aliphatic rings. The average molecular weight is 389 g/mol. The summed E-state index contributed by atoms with van der Waals surface area (Å²) in [5.41, 5.74) is 0. The number of rotatable bonds is 6. The molecule has 0 spiro atoms. The Labute approximate surface area is 157 Å². The number of aliphatic hydroxyl groups excluding tert-OH is 1. The van der Waals surface area contributed by atoms with Crippen molar-refractivity contribution in [2.75, 3.05) is 33.9 Å². The molecule has 0 amide bonds. The van der Waals surface area contributed by atoms with Crippen LogP contribution in [-0.4, -0.2) is 62.2 Å². The molecule has 1 saturated heterocycles. The van der Waals surface area contributed by atoms with E-state index in [1.807, 2.05) is 4.90 Å². The predicted octanol–water partition coefficient (Wildman–Crippen LogP) is 3.11. The van der Waals surface area contributed by atoms with Crippen molar-refractivity contribution in [2.45, 2.75) is 37.6 Å². The van der Waals surface area contributed by atoms with Gasteiger partial charge in [0.15, 0.2) is 0 Å². The van der Waals surface area contributed by atoms with E-state index in [9.17, 15) is 18.3 Å². The molecule has 2 fully saturated rings. The summed E-state index contributed by atoms with van der Waals surface area (Å²) >= 11 is 0.